The van der Waals surface area contributed by atoms with Gasteiger partial charge in [0.05, 0.1) is 11.3 Å². The van der Waals surface area contributed by atoms with Crippen molar-refractivity contribution in [3.05, 3.63) is 59.2 Å². The van der Waals surface area contributed by atoms with Gasteiger partial charge in [-0.25, -0.2) is 0 Å². The summed E-state index contributed by atoms with van der Waals surface area (Å²) in [6.07, 6.45) is 0. The van der Waals surface area contributed by atoms with E-state index in [1.165, 1.54) is 4.68 Å². The highest BCUT2D eigenvalue weighted by Crippen LogP contribution is 2.29. The van der Waals surface area contributed by atoms with Crippen molar-refractivity contribution in [1.82, 2.24) is 15.0 Å². The largest absolute Gasteiger partial charge is 0.382 e. The predicted molar refractivity (Wildman–Crippen MR) is 85.4 cm³/mol. The molecule has 0 amide bonds. The number of hydrogen-bond acceptors (Lipinski definition) is 4. The Labute approximate surface area is 128 Å². The van der Waals surface area contributed by atoms with Crippen molar-refractivity contribution in [1.29, 1.82) is 5.26 Å². The summed E-state index contributed by atoms with van der Waals surface area (Å²) >= 11 is 0. The molecular weight excluding hydrogens is 274 g/mol. The van der Waals surface area contributed by atoms with E-state index in [4.69, 9.17) is 5.73 Å². The third kappa shape index (κ3) is 2.21. The number of nitrogens with two attached hydrogens (primary N) is 1. The second-order valence-electron chi connectivity index (χ2n) is 5.18. The van der Waals surface area contributed by atoms with E-state index in [1.807, 2.05) is 38.1 Å². The number of nitrogens with zero attached hydrogens (tertiary/aromatic N) is 4. The maximum atomic E-state index is 9.22. The van der Waals surface area contributed by atoms with Crippen LogP contribution in [0.5, 0.6) is 0 Å². The summed E-state index contributed by atoms with van der Waals surface area (Å²) in [4.78, 5) is 0. The molecule has 2 N–H and O–H groups in total. The molecule has 0 fully saturated rings. The van der Waals surface area contributed by atoms with Gasteiger partial charge >= 0.3 is 0 Å². The van der Waals surface area contributed by atoms with Gasteiger partial charge in [0.2, 0.25) is 0 Å². The van der Waals surface area contributed by atoms with Crippen LogP contribution < -0.4 is 5.73 Å². The molecule has 3 aromatic rings. The lowest BCUT2D eigenvalue weighted by molar-refractivity contribution is 0.808. The number of nitriles is 1. The second kappa shape index (κ2) is 5.34. The lowest BCUT2D eigenvalue weighted by Gasteiger charge is -2.07. The first-order valence-electron chi connectivity index (χ1n) is 6.90. The van der Waals surface area contributed by atoms with Crippen molar-refractivity contribution < 1.29 is 0 Å². The van der Waals surface area contributed by atoms with Crippen LogP contribution in [0.4, 0.5) is 5.82 Å². The van der Waals surface area contributed by atoms with Crippen molar-refractivity contribution in [3.8, 4) is 23.0 Å². The number of nitrogen functional groups attached to an aromatic ring is 1. The highest BCUT2D eigenvalue weighted by Gasteiger charge is 2.16. The summed E-state index contributed by atoms with van der Waals surface area (Å²) in [7, 11) is 0. The maximum absolute atomic E-state index is 9.22. The van der Waals surface area contributed by atoms with Gasteiger partial charge in [-0.3, -0.25) is 0 Å². The Morgan fingerprint density at radius 3 is 2.68 bits per heavy atom. The molecule has 22 heavy (non-hydrogen) atoms. The fourth-order valence-electron chi connectivity index (χ4n) is 2.40. The highest BCUT2D eigenvalue weighted by molar-refractivity contribution is 5.74. The molecule has 0 bridgehead atoms. The fourth-order valence-corrected chi connectivity index (χ4v) is 2.40. The van der Waals surface area contributed by atoms with E-state index in [2.05, 4.69) is 16.4 Å². The van der Waals surface area contributed by atoms with E-state index in [1.54, 1.807) is 18.2 Å². The molecular formula is C17H15N5. The summed E-state index contributed by atoms with van der Waals surface area (Å²) in [6.45, 7) is 4.03. The summed E-state index contributed by atoms with van der Waals surface area (Å²) in [6, 6.07) is 15.4. The van der Waals surface area contributed by atoms with Gasteiger partial charge in [-0.2, -0.15) is 9.94 Å². The van der Waals surface area contributed by atoms with Gasteiger partial charge in [-0.1, -0.05) is 35.0 Å². The van der Waals surface area contributed by atoms with Crippen LogP contribution in [-0.4, -0.2) is 15.0 Å². The van der Waals surface area contributed by atoms with Gasteiger partial charge in [0.1, 0.15) is 11.8 Å². The first kappa shape index (κ1) is 13.8. The Balaban J connectivity index is 2.18. The smallest absolute Gasteiger partial charge is 0.155 e. The van der Waals surface area contributed by atoms with Crippen LogP contribution in [0.3, 0.4) is 0 Å². The molecule has 1 aromatic heterocycles. The number of anilines is 1. The van der Waals surface area contributed by atoms with E-state index in [-0.39, 0.29) is 0 Å². The summed E-state index contributed by atoms with van der Waals surface area (Å²) in [5.74, 6) is 0.427. The van der Waals surface area contributed by atoms with Gasteiger partial charge in [-0.05, 0) is 37.6 Å². The molecule has 0 aliphatic carbocycles. The van der Waals surface area contributed by atoms with Crippen molar-refractivity contribution in [2.75, 3.05) is 5.73 Å². The number of benzene rings is 2. The Kier molecular flexibility index (Phi) is 3.36. The maximum Gasteiger partial charge on any atom is 0.155 e. The van der Waals surface area contributed by atoms with E-state index < -0.39 is 0 Å². The lowest BCUT2D eigenvalue weighted by atomic mass is 10.0. The van der Waals surface area contributed by atoms with Gasteiger partial charge in [0.15, 0.2) is 5.82 Å². The standard InChI is InChI=1S/C17H15N5/c1-11-7-8-12(2)14(9-11)16-17(19)22(21-20-16)15-6-4-3-5-13(15)10-18/h3-9H,19H2,1-2H3. The number of rotatable bonds is 2. The zero-order chi connectivity index (χ0) is 15.7. The molecule has 3 rings (SSSR count). The topological polar surface area (TPSA) is 80.5 Å². The van der Waals surface area contributed by atoms with E-state index in [0.29, 0.717) is 22.8 Å². The molecule has 2 aromatic carbocycles. The molecule has 0 atom stereocenters. The number of hydrogen-bond donors (Lipinski definition) is 1. The van der Waals surface area contributed by atoms with Gasteiger partial charge in [0, 0.05) is 5.56 Å². The Morgan fingerprint density at radius 2 is 1.91 bits per heavy atom. The SMILES string of the molecule is Cc1ccc(C)c(-c2nnn(-c3ccccc3C#N)c2N)c1. The van der Waals surface area contributed by atoms with Gasteiger partial charge in [0.25, 0.3) is 0 Å². The van der Waals surface area contributed by atoms with Crippen molar-refractivity contribution in [2.24, 2.45) is 0 Å². The van der Waals surface area contributed by atoms with Crippen LogP contribution in [0.25, 0.3) is 16.9 Å². The van der Waals surface area contributed by atoms with Crippen LogP contribution in [0.1, 0.15) is 16.7 Å². The van der Waals surface area contributed by atoms with Crippen LogP contribution in [0.2, 0.25) is 0 Å². The highest BCUT2D eigenvalue weighted by atomic mass is 15.5. The Bertz CT molecular complexity index is 886. The normalized spacial score (nSPS) is 10.4. The average molecular weight is 289 g/mol. The molecule has 5 nitrogen and oxygen atoms in total. The molecule has 0 saturated carbocycles. The molecule has 0 saturated heterocycles. The first-order chi connectivity index (χ1) is 10.6. The molecule has 108 valence electrons. The van der Waals surface area contributed by atoms with Crippen LogP contribution in [-0.2, 0) is 0 Å². The molecule has 1 heterocycles. The minimum Gasteiger partial charge on any atom is -0.382 e. The average Bonchev–Trinajstić information content (AvgIpc) is 2.91. The monoisotopic (exact) mass is 289 g/mol. The third-order valence-electron chi connectivity index (χ3n) is 3.61. The van der Waals surface area contributed by atoms with Gasteiger partial charge in [-0.15, -0.1) is 5.10 Å². The van der Waals surface area contributed by atoms with Crippen LogP contribution in [0.15, 0.2) is 42.5 Å². The van der Waals surface area contributed by atoms with Crippen molar-refractivity contribution >= 4 is 5.82 Å². The predicted octanol–water partition coefficient (Wildman–Crippen LogP) is 3.01. The minimum absolute atomic E-state index is 0.427. The zero-order valence-electron chi connectivity index (χ0n) is 12.4. The van der Waals surface area contributed by atoms with Crippen molar-refractivity contribution in [2.45, 2.75) is 13.8 Å². The molecule has 0 aliphatic rings. The quantitative estimate of drug-likeness (QED) is 0.786. The number of para-hydroxylation sites is 1. The number of aryl methyl sites for hydroxylation is 2. The minimum atomic E-state index is 0.427. The fraction of sp³-hybridized carbons (Fsp3) is 0.118. The zero-order valence-corrected chi connectivity index (χ0v) is 12.4. The molecule has 0 spiro atoms. The summed E-state index contributed by atoms with van der Waals surface area (Å²) < 4.78 is 1.51. The third-order valence-corrected chi connectivity index (χ3v) is 3.61. The second-order valence-corrected chi connectivity index (χ2v) is 5.18. The molecule has 5 heteroatoms. The lowest BCUT2D eigenvalue weighted by Crippen LogP contribution is -2.04. The van der Waals surface area contributed by atoms with E-state index in [0.717, 1.165) is 16.7 Å². The van der Waals surface area contributed by atoms with Crippen LogP contribution >= 0.6 is 0 Å². The number of aromatic nitrogens is 3. The summed E-state index contributed by atoms with van der Waals surface area (Å²) in [5.41, 5.74) is 11.2. The van der Waals surface area contributed by atoms with E-state index in [9.17, 15) is 5.26 Å². The van der Waals surface area contributed by atoms with Crippen LogP contribution in [0, 0.1) is 25.2 Å². The molecule has 0 aliphatic heterocycles. The first-order valence-corrected chi connectivity index (χ1v) is 6.90. The van der Waals surface area contributed by atoms with Gasteiger partial charge < -0.3 is 5.73 Å². The Hall–Kier alpha value is -3.13. The Morgan fingerprint density at radius 1 is 1.14 bits per heavy atom. The molecule has 0 radical (unpaired) electrons. The van der Waals surface area contributed by atoms with E-state index >= 15 is 0 Å². The summed E-state index contributed by atoms with van der Waals surface area (Å²) in [5, 5.41) is 17.6. The molecule has 0 unspecified atom stereocenters. The van der Waals surface area contributed by atoms with Crippen molar-refractivity contribution in [3.63, 3.8) is 0 Å².